The van der Waals surface area contributed by atoms with Crippen molar-refractivity contribution in [1.82, 2.24) is 19.2 Å². The number of halogens is 1. The number of hydrogen-bond acceptors (Lipinski definition) is 4. The molecule has 3 fully saturated rings. The van der Waals surface area contributed by atoms with Crippen molar-refractivity contribution in [2.45, 2.75) is 75.7 Å². The minimum Gasteiger partial charge on any atom is -0.481 e. The Hall–Kier alpha value is -2.77. The third kappa shape index (κ3) is 5.36. The van der Waals surface area contributed by atoms with Crippen LogP contribution in [-0.4, -0.2) is 68.5 Å². The number of aromatic nitrogens is 2. The summed E-state index contributed by atoms with van der Waals surface area (Å²) in [5, 5.41) is 9.37. The molecule has 4 heterocycles. The molecule has 2 aromatic heterocycles. The number of carbonyl (C=O) groups is 1. The number of hydrogen-bond donors (Lipinski definition) is 1. The number of piperidine rings is 1. The van der Waals surface area contributed by atoms with Crippen LogP contribution in [0.1, 0.15) is 80.5 Å². The zero-order valence-electron chi connectivity index (χ0n) is 23.1. The third-order valence-electron chi connectivity index (χ3n) is 9.98. The number of imidazole rings is 1. The first-order valence-corrected chi connectivity index (χ1v) is 14.8. The van der Waals surface area contributed by atoms with Crippen molar-refractivity contribution in [1.29, 1.82) is 0 Å². The number of nitrogens with zero attached hydrogens (tertiary/aromatic N) is 4. The van der Waals surface area contributed by atoms with Gasteiger partial charge in [0.05, 0.1) is 0 Å². The Morgan fingerprint density at radius 1 is 1.15 bits per heavy atom. The monoisotopic (exact) mass is 532 g/mol. The van der Waals surface area contributed by atoms with Crippen molar-refractivity contribution < 1.29 is 14.3 Å². The van der Waals surface area contributed by atoms with Crippen LogP contribution in [0.15, 0.2) is 48.8 Å². The van der Waals surface area contributed by atoms with Crippen LogP contribution < -0.4 is 0 Å². The number of likely N-dealkylation sites (tertiary alicyclic amines) is 2. The quantitative estimate of drug-likeness (QED) is 0.382. The average molecular weight is 533 g/mol. The smallest absolute Gasteiger partial charge is 0.303 e. The fourth-order valence-corrected chi connectivity index (χ4v) is 7.50. The minimum atomic E-state index is -0.710. The second-order valence-electron chi connectivity index (χ2n) is 12.2. The molecule has 6 rings (SSSR count). The van der Waals surface area contributed by atoms with Crippen molar-refractivity contribution in [3.63, 3.8) is 0 Å². The van der Waals surface area contributed by atoms with Crippen LogP contribution in [0.4, 0.5) is 4.39 Å². The summed E-state index contributed by atoms with van der Waals surface area (Å²) >= 11 is 0. The van der Waals surface area contributed by atoms with Gasteiger partial charge < -0.3 is 14.4 Å². The second kappa shape index (κ2) is 11.0. The molecule has 2 saturated heterocycles. The normalized spacial score (nSPS) is 24.3. The second-order valence-corrected chi connectivity index (χ2v) is 12.2. The highest BCUT2D eigenvalue weighted by Gasteiger charge is 2.48. The first kappa shape index (κ1) is 26.5. The van der Waals surface area contributed by atoms with E-state index >= 15 is 0 Å². The number of carboxylic acids is 1. The van der Waals surface area contributed by atoms with E-state index in [9.17, 15) is 14.3 Å². The summed E-state index contributed by atoms with van der Waals surface area (Å²) in [6, 6.07) is 11.5. The molecule has 0 bridgehead atoms. The van der Waals surface area contributed by atoms with E-state index in [1.54, 1.807) is 6.07 Å². The van der Waals surface area contributed by atoms with Gasteiger partial charge in [-0.3, -0.25) is 9.69 Å². The highest BCUT2D eigenvalue weighted by Crippen LogP contribution is 2.47. The molecule has 0 amide bonds. The molecule has 6 nitrogen and oxygen atoms in total. The molecule has 3 aliphatic rings. The maximum Gasteiger partial charge on any atom is 0.303 e. The van der Waals surface area contributed by atoms with Gasteiger partial charge in [0.1, 0.15) is 11.5 Å². The van der Waals surface area contributed by atoms with Gasteiger partial charge in [-0.1, -0.05) is 25.1 Å². The van der Waals surface area contributed by atoms with E-state index < -0.39 is 5.97 Å². The Bertz CT molecular complexity index is 1310. The van der Waals surface area contributed by atoms with E-state index in [2.05, 4.69) is 56.7 Å². The summed E-state index contributed by atoms with van der Waals surface area (Å²) < 4.78 is 16.6. The molecule has 7 heteroatoms. The molecular weight excluding hydrogens is 491 g/mol. The number of benzene rings is 1. The molecule has 1 aromatic carbocycles. The van der Waals surface area contributed by atoms with E-state index in [4.69, 9.17) is 0 Å². The lowest BCUT2D eigenvalue weighted by molar-refractivity contribution is -0.138. The largest absolute Gasteiger partial charge is 0.481 e. The summed E-state index contributed by atoms with van der Waals surface area (Å²) in [5.41, 5.74) is 4.78. The molecule has 1 N–H and O–H groups in total. The van der Waals surface area contributed by atoms with Gasteiger partial charge >= 0.3 is 5.97 Å². The van der Waals surface area contributed by atoms with E-state index in [1.807, 2.05) is 6.07 Å². The van der Waals surface area contributed by atoms with Gasteiger partial charge in [0.15, 0.2) is 0 Å². The number of aliphatic carboxylic acids is 1. The molecular formula is C32H41FN4O2. The number of carboxylic acid groups (broad SMARTS) is 1. The fourth-order valence-electron chi connectivity index (χ4n) is 7.50. The van der Waals surface area contributed by atoms with E-state index in [-0.39, 0.29) is 23.7 Å². The summed E-state index contributed by atoms with van der Waals surface area (Å²) in [6.45, 7) is 7.17. The standard InChI is InChI=1S/C32H41FN4O2/c1-2-23-7-8-30-34-18-29(37(30)19-23)24-10-15-35(16-11-24)20-26-21-36(32(12-4-13-32)14-9-31(38)39)22-28(26)25-5-3-6-27(33)17-25/h3,5-8,17-19,24,26,28H,2,4,9-16,20-22H2,1H3,(H,38,39). The van der Waals surface area contributed by atoms with Crippen LogP contribution in [0.3, 0.4) is 0 Å². The zero-order valence-corrected chi connectivity index (χ0v) is 23.1. The minimum absolute atomic E-state index is 0.00606. The summed E-state index contributed by atoms with van der Waals surface area (Å²) in [4.78, 5) is 21.3. The van der Waals surface area contributed by atoms with E-state index in [1.165, 1.54) is 23.7 Å². The average Bonchev–Trinajstić information content (AvgIpc) is 3.53. The molecule has 3 aromatic rings. The van der Waals surface area contributed by atoms with Crippen molar-refractivity contribution in [2.24, 2.45) is 5.92 Å². The molecule has 0 spiro atoms. The van der Waals surface area contributed by atoms with Gasteiger partial charge in [-0.2, -0.15) is 0 Å². The van der Waals surface area contributed by atoms with Crippen LogP contribution in [-0.2, 0) is 11.2 Å². The fraction of sp³-hybridized carbons (Fsp3) is 0.562. The van der Waals surface area contributed by atoms with Gasteiger partial charge in [-0.05, 0) is 93.3 Å². The number of aryl methyl sites for hydroxylation is 1. The van der Waals surface area contributed by atoms with Crippen molar-refractivity contribution >= 4 is 11.6 Å². The van der Waals surface area contributed by atoms with Gasteiger partial charge in [0, 0.05) is 61.5 Å². The topological polar surface area (TPSA) is 61.1 Å². The highest BCUT2D eigenvalue weighted by molar-refractivity contribution is 5.66. The van der Waals surface area contributed by atoms with Crippen molar-refractivity contribution in [3.05, 3.63) is 71.4 Å². The van der Waals surface area contributed by atoms with Crippen molar-refractivity contribution in [2.75, 3.05) is 32.7 Å². The molecule has 39 heavy (non-hydrogen) atoms. The van der Waals surface area contributed by atoms with E-state index in [0.717, 1.165) is 82.5 Å². The Morgan fingerprint density at radius 2 is 1.97 bits per heavy atom. The van der Waals surface area contributed by atoms with Gasteiger partial charge in [-0.25, -0.2) is 9.37 Å². The van der Waals surface area contributed by atoms with Gasteiger partial charge in [0.2, 0.25) is 0 Å². The summed E-state index contributed by atoms with van der Waals surface area (Å²) in [6.07, 6.45) is 11.8. The lowest BCUT2D eigenvalue weighted by atomic mass is 9.72. The molecule has 2 aliphatic heterocycles. The predicted molar refractivity (Wildman–Crippen MR) is 151 cm³/mol. The van der Waals surface area contributed by atoms with Gasteiger partial charge in [-0.15, -0.1) is 0 Å². The molecule has 1 saturated carbocycles. The SMILES string of the molecule is CCc1ccc2ncc(C3CCN(CC4CN(C5(CCC(=O)O)CCC5)CC4c4cccc(F)c4)CC3)n2c1. The molecule has 1 aliphatic carbocycles. The van der Waals surface area contributed by atoms with Crippen molar-refractivity contribution in [3.8, 4) is 0 Å². The zero-order chi connectivity index (χ0) is 27.0. The molecule has 0 radical (unpaired) electrons. The Morgan fingerprint density at radius 3 is 2.67 bits per heavy atom. The lowest BCUT2D eigenvalue weighted by Crippen LogP contribution is -2.53. The highest BCUT2D eigenvalue weighted by atomic mass is 19.1. The Labute approximate surface area is 230 Å². The van der Waals surface area contributed by atoms with Crippen LogP contribution in [0, 0.1) is 11.7 Å². The molecule has 2 unspecified atom stereocenters. The van der Waals surface area contributed by atoms with Crippen LogP contribution in [0.2, 0.25) is 0 Å². The van der Waals surface area contributed by atoms with Crippen LogP contribution >= 0.6 is 0 Å². The first-order chi connectivity index (χ1) is 18.9. The lowest BCUT2D eigenvalue weighted by Gasteiger charge is -2.49. The van der Waals surface area contributed by atoms with Crippen LogP contribution in [0.5, 0.6) is 0 Å². The first-order valence-electron chi connectivity index (χ1n) is 14.8. The number of pyridine rings is 1. The number of rotatable bonds is 9. The van der Waals surface area contributed by atoms with E-state index in [0.29, 0.717) is 11.8 Å². The summed E-state index contributed by atoms with van der Waals surface area (Å²) in [5.74, 6) is 0.310. The predicted octanol–water partition coefficient (Wildman–Crippen LogP) is 5.72. The maximum absolute atomic E-state index is 14.3. The third-order valence-corrected chi connectivity index (χ3v) is 9.98. The maximum atomic E-state index is 14.3. The summed E-state index contributed by atoms with van der Waals surface area (Å²) in [7, 11) is 0. The Balaban J connectivity index is 1.15. The molecule has 2 atom stereocenters. The molecule has 208 valence electrons. The number of fused-ring (bicyclic) bond motifs is 1. The van der Waals surface area contributed by atoms with Gasteiger partial charge in [0.25, 0.3) is 0 Å². The van der Waals surface area contributed by atoms with Crippen LogP contribution in [0.25, 0.3) is 5.65 Å². The Kier molecular flexibility index (Phi) is 7.47.